The summed E-state index contributed by atoms with van der Waals surface area (Å²) in [6, 6.07) is 21.3. The van der Waals surface area contributed by atoms with Gasteiger partial charge in [-0.15, -0.1) is 0 Å². The van der Waals surface area contributed by atoms with Gasteiger partial charge in [-0.3, -0.25) is 0 Å². The van der Waals surface area contributed by atoms with Crippen LogP contribution in [0.2, 0.25) is 5.04 Å². The molecule has 0 unspecified atom stereocenters. The number of ether oxygens (including phenoxy) is 3. The minimum absolute atomic E-state index is 0.0104. The van der Waals surface area contributed by atoms with Crippen LogP contribution in [0.1, 0.15) is 34.6 Å². The molecule has 4 rings (SSSR count). The lowest BCUT2D eigenvalue weighted by atomic mass is 9.99. The van der Waals surface area contributed by atoms with Gasteiger partial charge >= 0.3 is 0 Å². The highest BCUT2D eigenvalue weighted by Gasteiger charge is 2.56. The number of hydrogen-bond acceptors (Lipinski definition) is 4. The summed E-state index contributed by atoms with van der Waals surface area (Å²) in [6.07, 6.45) is 1.31. The summed E-state index contributed by atoms with van der Waals surface area (Å²) in [5, 5.41) is 2.41. The molecule has 0 radical (unpaired) electrons. The smallest absolute Gasteiger partial charge is 0.261 e. The molecule has 2 aromatic rings. The molecule has 33 heavy (non-hydrogen) atoms. The quantitative estimate of drug-likeness (QED) is 0.402. The lowest BCUT2D eigenvalue weighted by molar-refractivity contribution is -0.210. The van der Waals surface area contributed by atoms with Gasteiger partial charge in [0.2, 0.25) is 0 Å². The average Bonchev–Trinajstić information content (AvgIpc) is 3.21. The second kappa shape index (κ2) is 9.68. The minimum Gasteiger partial charge on any atom is -0.405 e. The predicted molar refractivity (Wildman–Crippen MR) is 142 cm³/mol. The Balaban J connectivity index is 1.70. The van der Waals surface area contributed by atoms with Gasteiger partial charge in [0.25, 0.3) is 8.32 Å². The number of hydrogen-bond donors (Lipinski definition) is 0. The maximum atomic E-state index is 7.12. The van der Waals surface area contributed by atoms with Crippen molar-refractivity contribution < 1.29 is 18.6 Å². The molecule has 2 aromatic carbocycles. The Morgan fingerprint density at radius 3 is 2.00 bits per heavy atom. The molecule has 0 N–H and O–H groups in total. The van der Waals surface area contributed by atoms with Crippen LogP contribution >= 0.6 is 31.9 Å². The minimum atomic E-state index is -2.66. The van der Waals surface area contributed by atoms with Crippen molar-refractivity contribution in [3.05, 3.63) is 70.1 Å². The molecule has 7 heteroatoms. The first-order valence-corrected chi connectivity index (χ1v) is 14.8. The average molecular weight is 596 g/mol. The van der Waals surface area contributed by atoms with Crippen molar-refractivity contribution in [2.75, 3.05) is 6.61 Å². The second-order valence-electron chi connectivity index (χ2n) is 10.2. The molecule has 0 saturated carbocycles. The van der Waals surface area contributed by atoms with Gasteiger partial charge in [0.1, 0.15) is 6.10 Å². The van der Waals surface area contributed by atoms with Crippen LogP contribution in [-0.2, 0) is 18.6 Å². The van der Waals surface area contributed by atoms with Crippen molar-refractivity contribution in [3.8, 4) is 0 Å². The molecule has 0 bridgehead atoms. The highest BCUT2D eigenvalue weighted by atomic mass is 79.9. The molecule has 178 valence electrons. The van der Waals surface area contributed by atoms with Crippen molar-refractivity contribution in [2.45, 2.75) is 63.9 Å². The van der Waals surface area contributed by atoms with Gasteiger partial charge in [-0.1, -0.05) is 87.5 Å². The normalized spacial score (nSPS) is 26.8. The molecule has 2 heterocycles. The van der Waals surface area contributed by atoms with E-state index in [9.17, 15) is 0 Å². The van der Waals surface area contributed by atoms with Gasteiger partial charge in [-0.25, -0.2) is 0 Å². The van der Waals surface area contributed by atoms with Crippen molar-refractivity contribution in [3.63, 3.8) is 0 Å². The second-order valence-corrected chi connectivity index (χ2v) is 17.2. The zero-order chi connectivity index (χ0) is 23.9. The summed E-state index contributed by atoms with van der Waals surface area (Å²) >= 11 is 7.05. The van der Waals surface area contributed by atoms with Gasteiger partial charge in [0, 0.05) is 5.92 Å². The van der Waals surface area contributed by atoms with Crippen molar-refractivity contribution >= 4 is 50.6 Å². The lowest BCUT2D eigenvalue weighted by Crippen LogP contribution is -2.67. The Kier molecular flexibility index (Phi) is 7.42. The zero-order valence-corrected chi connectivity index (χ0v) is 23.9. The van der Waals surface area contributed by atoms with Gasteiger partial charge in [0.15, 0.2) is 12.1 Å². The Hall–Kier alpha value is -0.803. The van der Waals surface area contributed by atoms with E-state index in [1.54, 1.807) is 0 Å². The van der Waals surface area contributed by atoms with E-state index in [1.165, 1.54) is 10.4 Å². The summed E-state index contributed by atoms with van der Waals surface area (Å²) in [4.78, 5) is 0. The summed E-state index contributed by atoms with van der Waals surface area (Å²) < 4.78 is 26.6. The molecule has 4 atom stereocenters. The maximum absolute atomic E-state index is 7.12. The van der Waals surface area contributed by atoms with Gasteiger partial charge in [-0.05, 0) is 61.1 Å². The van der Waals surface area contributed by atoms with Crippen molar-refractivity contribution in [1.82, 2.24) is 0 Å². The van der Waals surface area contributed by atoms with E-state index < -0.39 is 20.4 Å². The third kappa shape index (κ3) is 5.10. The summed E-state index contributed by atoms with van der Waals surface area (Å²) in [6.45, 7) is 11.1. The fourth-order valence-corrected chi connectivity index (χ4v) is 10.2. The third-order valence-electron chi connectivity index (χ3n) is 6.41. The predicted octanol–water partition coefficient (Wildman–Crippen LogP) is 5.69. The largest absolute Gasteiger partial charge is 0.405 e. The van der Waals surface area contributed by atoms with Crippen LogP contribution in [0.15, 0.2) is 70.1 Å². The molecule has 4 nitrogen and oxygen atoms in total. The number of rotatable bonds is 6. The Morgan fingerprint density at radius 1 is 0.970 bits per heavy atom. The van der Waals surface area contributed by atoms with E-state index in [4.69, 9.17) is 18.6 Å². The number of benzene rings is 2. The number of halogens is 2. The molecule has 2 fully saturated rings. The lowest BCUT2D eigenvalue weighted by Gasteiger charge is -2.43. The fourth-order valence-electron chi connectivity index (χ4n) is 5.06. The van der Waals surface area contributed by atoms with E-state index in [1.807, 2.05) is 13.8 Å². The Morgan fingerprint density at radius 2 is 1.52 bits per heavy atom. The van der Waals surface area contributed by atoms with Crippen molar-refractivity contribution in [1.29, 1.82) is 0 Å². The molecule has 0 aromatic heterocycles. The first-order chi connectivity index (χ1) is 15.5. The first kappa shape index (κ1) is 25.3. The van der Waals surface area contributed by atoms with Gasteiger partial charge in [0.05, 0.1) is 16.1 Å². The molecular formula is C26H32Br2O4Si. The topological polar surface area (TPSA) is 36.9 Å². The monoisotopic (exact) mass is 594 g/mol. The molecule has 0 amide bonds. The molecule has 2 saturated heterocycles. The first-order valence-electron chi connectivity index (χ1n) is 11.3. The molecular weight excluding hydrogens is 564 g/mol. The van der Waals surface area contributed by atoms with E-state index in [2.05, 4.69) is 119 Å². The van der Waals surface area contributed by atoms with Gasteiger partial charge in [-0.2, -0.15) is 0 Å². The summed E-state index contributed by atoms with van der Waals surface area (Å²) in [7, 11) is -2.66. The molecule has 2 aliphatic rings. The van der Waals surface area contributed by atoms with Crippen LogP contribution < -0.4 is 10.4 Å². The fraction of sp³-hybridized carbons (Fsp3) is 0.462. The van der Waals surface area contributed by atoms with Crippen molar-refractivity contribution in [2.24, 2.45) is 5.92 Å². The highest BCUT2D eigenvalue weighted by molar-refractivity contribution is 9.28. The van der Waals surface area contributed by atoms with E-state index in [0.29, 0.717) is 6.61 Å². The van der Waals surface area contributed by atoms with E-state index >= 15 is 0 Å². The number of fused-ring (bicyclic) bond motifs is 1. The Bertz CT molecular complexity index is 931. The van der Waals surface area contributed by atoms with Crippen LogP contribution in [-0.4, -0.2) is 39.2 Å². The summed E-state index contributed by atoms with van der Waals surface area (Å²) in [5.41, 5.74) is 0. The van der Waals surface area contributed by atoms with Crippen LogP contribution in [0.5, 0.6) is 0 Å². The van der Waals surface area contributed by atoms with E-state index in [-0.39, 0.29) is 23.2 Å². The molecule has 0 aliphatic carbocycles. The highest BCUT2D eigenvalue weighted by Crippen LogP contribution is 2.44. The standard InChI is InChI=1S/C26H32Br2O4Si/c1-25(2,3)33(18-12-8-6-9-13-18,19-14-10-7-11-15-19)29-17-21-20(16-22(27)28)23-24(30-21)32-26(4,5)31-23/h6-16,20-21,23-24H,17H2,1-5H3/t20-,21-,23-,24-/m1/s1. The van der Waals surface area contributed by atoms with E-state index in [0.717, 1.165) is 3.39 Å². The van der Waals surface area contributed by atoms with Crippen LogP contribution in [0.3, 0.4) is 0 Å². The third-order valence-corrected chi connectivity index (χ3v) is 11.9. The molecule has 0 spiro atoms. The Labute approximate surface area is 215 Å². The summed E-state index contributed by atoms with van der Waals surface area (Å²) in [5.74, 6) is -0.673. The van der Waals surface area contributed by atoms with Crippen LogP contribution in [0.4, 0.5) is 0 Å². The van der Waals surface area contributed by atoms with Crippen LogP contribution in [0, 0.1) is 5.92 Å². The molecule has 2 aliphatic heterocycles. The zero-order valence-electron chi connectivity index (χ0n) is 19.8. The van der Waals surface area contributed by atoms with Gasteiger partial charge < -0.3 is 18.6 Å². The maximum Gasteiger partial charge on any atom is 0.261 e. The van der Waals surface area contributed by atoms with Crippen LogP contribution in [0.25, 0.3) is 0 Å². The SMILES string of the molecule is CC1(C)O[C@H]2O[C@H](CO[Si](c3ccccc3)(c3ccccc3)C(C)(C)C)[C@@H](C=C(Br)Br)[C@H]2O1.